The van der Waals surface area contributed by atoms with Crippen LogP contribution in [0.1, 0.15) is 47.7 Å². The molecule has 3 heterocycles. The average Bonchev–Trinajstić information content (AvgIpc) is 3.22. The van der Waals surface area contributed by atoms with Crippen molar-refractivity contribution >= 4 is 17.7 Å². The summed E-state index contributed by atoms with van der Waals surface area (Å²) in [4.78, 5) is 37.9. The lowest BCUT2D eigenvalue weighted by Gasteiger charge is -2.29. The quantitative estimate of drug-likeness (QED) is 0.498. The van der Waals surface area contributed by atoms with Crippen molar-refractivity contribution in [3.05, 3.63) is 34.9 Å². The molecule has 2 saturated heterocycles. The van der Waals surface area contributed by atoms with Crippen molar-refractivity contribution in [3.63, 3.8) is 0 Å². The van der Waals surface area contributed by atoms with Crippen molar-refractivity contribution in [2.45, 2.75) is 45.3 Å². The summed E-state index contributed by atoms with van der Waals surface area (Å²) >= 11 is 0. The van der Waals surface area contributed by atoms with Crippen LogP contribution in [0.2, 0.25) is 0 Å². The van der Waals surface area contributed by atoms with Crippen molar-refractivity contribution in [2.24, 2.45) is 11.8 Å². The SMILES string of the molecule is C[C@@H]1CNC[C@H]1CCNCc1ccc2c(c1)C(=O)N(C1CCC(=O)NC1=O)C2. The van der Waals surface area contributed by atoms with Crippen molar-refractivity contribution in [1.82, 2.24) is 20.9 Å². The molecule has 3 N–H and O–H groups in total. The number of carbonyl (C=O) groups is 3. The van der Waals surface area contributed by atoms with Crippen molar-refractivity contribution in [1.29, 1.82) is 0 Å². The van der Waals surface area contributed by atoms with Gasteiger partial charge in [0.1, 0.15) is 6.04 Å². The van der Waals surface area contributed by atoms with Gasteiger partial charge in [-0.25, -0.2) is 0 Å². The van der Waals surface area contributed by atoms with E-state index in [4.69, 9.17) is 0 Å². The number of piperidine rings is 1. The van der Waals surface area contributed by atoms with Crippen LogP contribution < -0.4 is 16.0 Å². The van der Waals surface area contributed by atoms with Gasteiger partial charge in [-0.05, 0) is 61.5 Å². The minimum Gasteiger partial charge on any atom is -0.322 e. The Balaban J connectivity index is 1.33. The highest BCUT2D eigenvalue weighted by molar-refractivity contribution is 6.05. The number of benzene rings is 1. The molecule has 1 aromatic carbocycles. The highest BCUT2D eigenvalue weighted by Crippen LogP contribution is 2.28. The summed E-state index contributed by atoms with van der Waals surface area (Å²) in [7, 11) is 0. The van der Waals surface area contributed by atoms with Gasteiger partial charge < -0.3 is 15.5 Å². The molecule has 7 heteroatoms. The highest BCUT2D eigenvalue weighted by atomic mass is 16.2. The Kier molecular flexibility index (Phi) is 5.46. The largest absolute Gasteiger partial charge is 0.322 e. The van der Waals surface area contributed by atoms with Crippen LogP contribution in [0.4, 0.5) is 0 Å². The van der Waals surface area contributed by atoms with Crippen molar-refractivity contribution in [3.8, 4) is 0 Å². The third-order valence-electron chi connectivity index (χ3n) is 6.29. The molecular formula is C21H28N4O3. The van der Waals surface area contributed by atoms with E-state index in [1.165, 1.54) is 0 Å². The summed E-state index contributed by atoms with van der Waals surface area (Å²) in [6.45, 7) is 6.64. The van der Waals surface area contributed by atoms with Gasteiger partial charge in [-0.2, -0.15) is 0 Å². The Bertz CT molecular complexity index is 794. The molecule has 28 heavy (non-hydrogen) atoms. The maximum absolute atomic E-state index is 12.8. The highest BCUT2D eigenvalue weighted by Gasteiger charge is 2.39. The summed E-state index contributed by atoms with van der Waals surface area (Å²) in [5, 5.41) is 9.26. The summed E-state index contributed by atoms with van der Waals surface area (Å²) < 4.78 is 0. The number of amides is 3. The summed E-state index contributed by atoms with van der Waals surface area (Å²) in [5.41, 5.74) is 2.71. The van der Waals surface area contributed by atoms with E-state index in [9.17, 15) is 14.4 Å². The van der Waals surface area contributed by atoms with E-state index in [1.54, 1.807) is 4.90 Å². The molecule has 4 rings (SSSR count). The summed E-state index contributed by atoms with van der Waals surface area (Å²) in [6.07, 6.45) is 1.83. The zero-order valence-electron chi connectivity index (χ0n) is 16.3. The number of carbonyl (C=O) groups excluding carboxylic acids is 3. The van der Waals surface area contributed by atoms with E-state index in [1.807, 2.05) is 18.2 Å². The molecule has 0 aliphatic carbocycles. The number of imide groups is 1. The molecule has 150 valence electrons. The van der Waals surface area contributed by atoms with Crippen LogP contribution in [-0.4, -0.2) is 48.3 Å². The fraction of sp³-hybridized carbons (Fsp3) is 0.571. The standard InChI is InChI=1S/C21H28N4O3/c1-13-9-23-11-15(13)6-7-22-10-14-2-3-16-12-25(21(28)17(16)8-14)18-4-5-19(26)24-20(18)27/h2-3,8,13,15,18,22-23H,4-7,9-12H2,1H3,(H,24,26,27)/t13-,15-,18?/m1/s1. The topological polar surface area (TPSA) is 90.5 Å². The second kappa shape index (κ2) is 8.01. The van der Waals surface area contributed by atoms with Crippen LogP contribution in [0, 0.1) is 11.8 Å². The van der Waals surface area contributed by atoms with Crippen molar-refractivity contribution < 1.29 is 14.4 Å². The van der Waals surface area contributed by atoms with Gasteiger partial charge >= 0.3 is 0 Å². The molecule has 1 unspecified atom stereocenters. The maximum Gasteiger partial charge on any atom is 0.255 e. The Morgan fingerprint density at radius 2 is 2.07 bits per heavy atom. The molecule has 3 aliphatic heterocycles. The molecule has 2 fully saturated rings. The number of nitrogens with zero attached hydrogens (tertiary/aromatic N) is 1. The molecule has 3 amide bonds. The first-order chi connectivity index (χ1) is 13.5. The Morgan fingerprint density at radius 1 is 1.21 bits per heavy atom. The smallest absolute Gasteiger partial charge is 0.255 e. The van der Waals surface area contributed by atoms with E-state index in [0.29, 0.717) is 18.5 Å². The van der Waals surface area contributed by atoms with Gasteiger partial charge in [-0.1, -0.05) is 19.1 Å². The Morgan fingerprint density at radius 3 is 2.82 bits per heavy atom. The zero-order chi connectivity index (χ0) is 19.7. The zero-order valence-corrected chi connectivity index (χ0v) is 16.3. The van der Waals surface area contributed by atoms with E-state index < -0.39 is 6.04 Å². The van der Waals surface area contributed by atoms with E-state index in [2.05, 4.69) is 22.9 Å². The van der Waals surface area contributed by atoms with E-state index >= 15 is 0 Å². The van der Waals surface area contributed by atoms with Crippen LogP contribution in [0.15, 0.2) is 18.2 Å². The van der Waals surface area contributed by atoms with Crippen LogP contribution in [0.3, 0.4) is 0 Å². The average molecular weight is 384 g/mol. The Hall–Kier alpha value is -2.25. The number of hydrogen-bond acceptors (Lipinski definition) is 5. The first-order valence-corrected chi connectivity index (χ1v) is 10.2. The molecule has 1 aromatic rings. The minimum absolute atomic E-state index is 0.114. The maximum atomic E-state index is 12.8. The molecule has 0 saturated carbocycles. The number of hydrogen-bond donors (Lipinski definition) is 3. The summed E-state index contributed by atoms with van der Waals surface area (Å²) in [5.74, 6) is 0.725. The molecule has 0 aromatic heterocycles. The van der Waals surface area contributed by atoms with Gasteiger partial charge in [0, 0.05) is 25.1 Å². The van der Waals surface area contributed by atoms with E-state index in [0.717, 1.165) is 55.6 Å². The number of rotatable bonds is 6. The fourth-order valence-corrected chi connectivity index (χ4v) is 4.48. The number of fused-ring (bicyclic) bond motifs is 1. The van der Waals surface area contributed by atoms with Crippen LogP contribution in [0.25, 0.3) is 0 Å². The summed E-state index contributed by atoms with van der Waals surface area (Å²) in [6, 6.07) is 5.42. The van der Waals surface area contributed by atoms with Gasteiger partial charge in [0.25, 0.3) is 5.91 Å². The van der Waals surface area contributed by atoms with Crippen molar-refractivity contribution in [2.75, 3.05) is 19.6 Å². The molecule has 0 bridgehead atoms. The number of nitrogens with one attached hydrogen (secondary N) is 3. The third-order valence-corrected chi connectivity index (χ3v) is 6.29. The lowest BCUT2D eigenvalue weighted by molar-refractivity contribution is -0.136. The molecular weight excluding hydrogens is 356 g/mol. The molecule has 3 aliphatic rings. The van der Waals surface area contributed by atoms with E-state index in [-0.39, 0.29) is 24.1 Å². The van der Waals surface area contributed by atoms with Gasteiger partial charge in [0.2, 0.25) is 11.8 Å². The Labute approximate surface area is 165 Å². The predicted molar refractivity (Wildman–Crippen MR) is 104 cm³/mol. The molecule has 7 nitrogen and oxygen atoms in total. The lowest BCUT2D eigenvalue weighted by Crippen LogP contribution is -2.52. The molecule has 0 radical (unpaired) electrons. The lowest BCUT2D eigenvalue weighted by atomic mass is 9.95. The van der Waals surface area contributed by atoms with Gasteiger partial charge in [-0.3, -0.25) is 19.7 Å². The second-order valence-electron chi connectivity index (χ2n) is 8.25. The molecule has 0 spiro atoms. The first kappa shape index (κ1) is 19.1. The molecule has 3 atom stereocenters. The predicted octanol–water partition coefficient (Wildman–Crippen LogP) is 0.783. The third kappa shape index (κ3) is 3.82. The fourth-order valence-electron chi connectivity index (χ4n) is 4.48. The van der Waals surface area contributed by atoms with Gasteiger partial charge in [0.05, 0.1) is 0 Å². The minimum atomic E-state index is -0.554. The monoisotopic (exact) mass is 384 g/mol. The van der Waals surface area contributed by atoms with Crippen LogP contribution >= 0.6 is 0 Å². The van der Waals surface area contributed by atoms with Crippen LogP contribution in [-0.2, 0) is 22.7 Å². The van der Waals surface area contributed by atoms with Gasteiger partial charge in [0.15, 0.2) is 0 Å². The normalized spacial score (nSPS) is 27.2. The van der Waals surface area contributed by atoms with Gasteiger partial charge in [-0.15, -0.1) is 0 Å². The van der Waals surface area contributed by atoms with Crippen LogP contribution in [0.5, 0.6) is 0 Å². The second-order valence-corrected chi connectivity index (χ2v) is 8.25. The first-order valence-electron chi connectivity index (χ1n) is 10.2.